The number of amides is 2. The summed E-state index contributed by atoms with van der Waals surface area (Å²) in [5, 5.41) is -0.363. The van der Waals surface area contributed by atoms with E-state index in [2.05, 4.69) is 0 Å². The Morgan fingerprint density at radius 1 is 1.07 bits per heavy atom. The number of halogens is 2. The van der Waals surface area contributed by atoms with Crippen LogP contribution in [0.3, 0.4) is 0 Å². The van der Waals surface area contributed by atoms with Crippen LogP contribution >= 0.6 is 35.0 Å². The smallest absolute Gasteiger partial charge is 0.344 e. The van der Waals surface area contributed by atoms with E-state index in [-0.39, 0.29) is 40.5 Å². The summed E-state index contributed by atoms with van der Waals surface area (Å²) in [5.41, 5.74) is 0.435. The maximum atomic E-state index is 12.4. The molecular formula is C18H17Cl2NO7S. The third-order valence-electron chi connectivity index (χ3n) is 3.42. The topological polar surface area (TPSA) is 99.2 Å². The summed E-state index contributed by atoms with van der Waals surface area (Å²) in [7, 11) is 0. The Bertz CT molecular complexity index is 849. The molecule has 0 saturated carbocycles. The molecule has 0 atom stereocenters. The van der Waals surface area contributed by atoms with Gasteiger partial charge in [-0.3, -0.25) is 19.3 Å². The predicted octanol–water partition coefficient (Wildman–Crippen LogP) is 3.53. The lowest BCUT2D eigenvalue weighted by atomic mass is 10.2. The van der Waals surface area contributed by atoms with Gasteiger partial charge in [0, 0.05) is 0 Å². The zero-order chi connectivity index (χ0) is 21.6. The quantitative estimate of drug-likeness (QED) is 0.428. The first-order valence-electron chi connectivity index (χ1n) is 8.45. The van der Waals surface area contributed by atoms with Gasteiger partial charge in [-0.1, -0.05) is 23.2 Å². The molecule has 0 unspecified atom stereocenters. The van der Waals surface area contributed by atoms with E-state index < -0.39 is 29.6 Å². The number of hydrogen-bond acceptors (Lipinski definition) is 8. The Balaban J connectivity index is 2.16. The third kappa shape index (κ3) is 6.12. The van der Waals surface area contributed by atoms with Crippen molar-refractivity contribution in [3.05, 3.63) is 32.6 Å². The van der Waals surface area contributed by atoms with Crippen LogP contribution in [0.1, 0.15) is 19.4 Å². The van der Waals surface area contributed by atoms with Crippen LogP contribution in [0.25, 0.3) is 6.08 Å². The molecule has 156 valence electrons. The molecule has 0 bridgehead atoms. The van der Waals surface area contributed by atoms with E-state index in [9.17, 15) is 19.2 Å². The summed E-state index contributed by atoms with van der Waals surface area (Å²) in [6, 6.07) is 2.93. The van der Waals surface area contributed by atoms with Gasteiger partial charge in [-0.2, -0.15) is 0 Å². The molecular weight excluding hydrogens is 445 g/mol. The van der Waals surface area contributed by atoms with Crippen molar-refractivity contribution in [1.82, 2.24) is 4.90 Å². The lowest BCUT2D eigenvalue weighted by molar-refractivity contribution is -0.146. The Morgan fingerprint density at radius 3 is 2.24 bits per heavy atom. The second kappa shape index (κ2) is 10.5. The zero-order valence-corrected chi connectivity index (χ0v) is 17.9. The summed E-state index contributed by atoms with van der Waals surface area (Å²) in [6.45, 7) is 2.83. The lowest BCUT2D eigenvalue weighted by Gasteiger charge is -2.11. The maximum absolute atomic E-state index is 12.4. The number of carbonyl (C=O) groups excluding carboxylic acids is 4. The minimum Gasteiger partial charge on any atom is -0.479 e. The molecule has 2 rings (SSSR count). The fraction of sp³-hybridized carbons (Fsp3) is 0.333. The fourth-order valence-corrected chi connectivity index (χ4v) is 3.71. The predicted molar refractivity (Wildman–Crippen MR) is 108 cm³/mol. The number of benzene rings is 1. The second-order valence-electron chi connectivity index (χ2n) is 5.48. The minimum atomic E-state index is -0.676. The van der Waals surface area contributed by atoms with Crippen molar-refractivity contribution in [2.45, 2.75) is 13.8 Å². The Hall–Kier alpha value is -2.23. The van der Waals surface area contributed by atoms with Gasteiger partial charge in [0.25, 0.3) is 11.1 Å². The molecule has 0 N–H and O–H groups in total. The van der Waals surface area contributed by atoms with Gasteiger partial charge < -0.3 is 14.2 Å². The second-order valence-corrected chi connectivity index (χ2v) is 7.29. The number of nitrogens with zero attached hydrogens (tertiary/aromatic N) is 1. The largest absolute Gasteiger partial charge is 0.479 e. The molecule has 8 nitrogen and oxygen atoms in total. The molecule has 1 saturated heterocycles. The Morgan fingerprint density at radius 2 is 1.66 bits per heavy atom. The van der Waals surface area contributed by atoms with E-state index in [0.717, 1.165) is 4.90 Å². The SMILES string of the molecule is CCOC(=O)COc1c(Cl)cc(/C=C2/SC(=O)N(CC(=O)OCC)C2=O)cc1Cl. The van der Waals surface area contributed by atoms with Gasteiger partial charge in [0.2, 0.25) is 0 Å². The summed E-state index contributed by atoms with van der Waals surface area (Å²) in [4.78, 5) is 48.3. The molecule has 1 aromatic carbocycles. The Kier molecular flexibility index (Phi) is 8.36. The van der Waals surface area contributed by atoms with Gasteiger partial charge in [0.1, 0.15) is 6.54 Å². The van der Waals surface area contributed by atoms with Crippen LogP contribution < -0.4 is 4.74 Å². The lowest BCUT2D eigenvalue weighted by Crippen LogP contribution is -2.34. The van der Waals surface area contributed by atoms with Crippen LogP contribution in [0, 0.1) is 0 Å². The van der Waals surface area contributed by atoms with Gasteiger partial charge >= 0.3 is 11.9 Å². The molecule has 1 fully saturated rings. The molecule has 0 aliphatic carbocycles. The molecule has 0 radical (unpaired) electrons. The van der Waals surface area contributed by atoms with E-state index in [1.54, 1.807) is 13.8 Å². The summed E-state index contributed by atoms with van der Waals surface area (Å²) in [5.74, 6) is -1.78. The molecule has 11 heteroatoms. The van der Waals surface area contributed by atoms with Crippen molar-refractivity contribution in [2.75, 3.05) is 26.4 Å². The van der Waals surface area contributed by atoms with Crippen molar-refractivity contribution in [1.29, 1.82) is 0 Å². The fourth-order valence-electron chi connectivity index (χ4n) is 2.26. The Labute approximate surface area is 181 Å². The summed E-state index contributed by atoms with van der Waals surface area (Å²) >= 11 is 13.0. The summed E-state index contributed by atoms with van der Waals surface area (Å²) < 4.78 is 14.8. The van der Waals surface area contributed by atoms with E-state index in [0.29, 0.717) is 17.3 Å². The van der Waals surface area contributed by atoms with Gasteiger partial charge in [-0.25, -0.2) is 4.79 Å². The van der Waals surface area contributed by atoms with Crippen LogP contribution in [0.15, 0.2) is 17.0 Å². The summed E-state index contributed by atoms with van der Waals surface area (Å²) in [6.07, 6.45) is 1.42. The molecule has 1 aliphatic heterocycles. The van der Waals surface area contributed by atoms with Crippen LogP contribution in [0.4, 0.5) is 4.79 Å². The van der Waals surface area contributed by atoms with Gasteiger partial charge in [-0.05, 0) is 49.4 Å². The van der Waals surface area contributed by atoms with Gasteiger partial charge in [0.15, 0.2) is 12.4 Å². The van der Waals surface area contributed by atoms with Crippen LogP contribution in [0.5, 0.6) is 5.75 Å². The average Bonchev–Trinajstić information content (AvgIpc) is 2.89. The molecule has 1 heterocycles. The minimum absolute atomic E-state index is 0.0916. The highest BCUT2D eigenvalue weighted by Gasteiger charge is 2.36. The highest BCUT2D eigenvalue weighted by molar-refractivity contribution is 8.18. The normalized spacial score (nSPS) is 15.0. The number of rotatable bonds is 8. The number of hydrogen-bond donors (Lipinski definition) is 0. The highest BCUT2D eigenvalue weighted by Crippen LogP contribution is 2.37. The zero-order valence-electron chi connectivity index (χ0n) is 15.5. The monoisotopic (exact) mass is 461 g/mol. The molecule has 2 amide bonds. The van der Waals surface area contributed by atoms with Crippen LogP contribution in [0.2, 0.25) is 10.0 Å². The van der Waals surface area contributed by atoms with E-state index in [4.69, 9.17) is 37.4 Å². The van der Waals surface area contributed by atoms with Gasteiger partial charge in [-0.15, -0.1) is 0 Å². The van der Waals surface area contributed by atoms with Crippen molar-refractivity contribution in [2.24, 2.45) is 0 Å². The standard InChI is InChI=1S/C18H17Cl2NO7S/c1-3-26-14(22)8-21-17(24)13(29-18(21)25)7-10-5-11(19)16(12(20)6-10)28-9-15(23)27-4-2/h5-7H,3-4,8-9H2,1-2H3/b13-7+. The van der Waals surface area contributed by atoms with E-state index >= 15 is 0 Å². The number of thioether (sulfide) groups is 1. The highest BCUT2D eigenvalue weighted by atomic mass is 35.5. The first-order valence-corrected chi connectivity index (χ1v) is 10.0. The number of carbonyl (C=O) groups is 4. The molecule has 1 aromatic rings. The van der Waals surface area contributed by atoms with Crippen LogP contribution in [-0.4, -0.2) is 54.4 Å². The van der Waals surface area contributed by atoms with Crippen molar-refractivity contribution < 1.29 is 33.4 Å². The van der Waals surface area contributed by atoms with Crippen molar-refractivity contribution in [3.8, 4) is 5.75 Å². The van der Waals surface area contributed by atoms with Crippen LogP contribution in [-0.2, 0) is 23.9 Å². The van der Waals surface area contributed by atoms with E-state index in [1.165, 1.54) is 18.2 Å². The van der Waals surface area contributed by atoms with Crippen molar-refractivity contribution >= 4 is 64.1 Å². The first kappa shape index (κ1) is 23.1. The van der Waals surface area contributed by atoms with Crippen molar-refractivity contribution in [3.63, 3.8) is 0 Å². The molecule has 1 aliphatic rings. The maximum Gasteiger partial charge on any atom is 0.344 e. The molecule has 0 aromatic heterocycles. The number of esters is 2. The average molecular weight is 462 g/mol. The number of ether oxygens (including phenoxy) is 3. The number of imide groups is 1. The molecule has 29 heavy (non-hydrogen) atoms. The first-order chi connectivity index (χ1) is 13.8. The van der Waals surface area contributed by atoms with Gasteiger partial charge in [0.05, 0.1) is 28.2 Å². The molecule has 0 spiro atoms. The van der Waals surface area contributed by atoms with E-state index in [1.807, 2.05) is 0 Å². The third-order valence-corrected chi connectivity index (χ3v) is 4.89.